The first-order valence-electron chi connectivity index (χ1n) is 11.5. The molecule has 1 aromatic heterocycles. The lowest BCUT2D eigenvalue weighted by Crippen LogP contribution is -2.48. The first-order valence-corrected chi connectivity index (χ1v) is 11.5. The maximum absolute atomic E-state index is 13.3. The van der Waals surface area contributed by atoms with Crippen LogP contribution in [-0.4, -0.2) is 46.5 Å². The fourth-order valence-electron chi connectivity index (χ4n) is 4.65. The number of carbonyl (C=O) groups is 1. The van der Waals surface area contributed by atoms with Gasteiger partial charge < -0.3 is 9.47 Å². The van der Waals surface area contributed by atoms with Gasteiger partial charge in [-0.2, -0.15) is 0 Å². The Bertz CT molecular complexity index is 1230. The summed E-state index contributed by atoms with van der Waals surface area (Å²) in [6, 6.07) is 25.3. The van der Waals surface area contributed by atoms with Crippen molar-refractivity contribution in [3.8, 4) is 0 Å². The molecule has 0 spiro atoms. The summed E-state index contributed by atoms with van der Waals surface area (Å²) in [4.78, 5) is 17.5. The van der Waals surface area contributed by atoms with Crippen LogP contribution >= 0.6 is 0 Å². The van der Waals surface area contributed by atoms with Crippen molar-refractivity contribution in [2.45, 2.75) is 19.5 Å². The van der Waals surface area contributed by atoms with Crippen LogP contribution in [0, 0.1) is 5.82 Å². The zero-order chi connectivity index (χ0) is 22.6. The molecule has 4 aromatic rings. The average molecular weight is 442 g/mol. The largest absolute Gasteiger partial charge is 0.343 e. The van der Waals surface area contributed by atoms with E-state index in [-0.39, 0.29) is 11.7 Å². The van der Waals surface area contributed by atoms with E-state index in [4.69, 9.17) is 0 Å². The molecule has 1 aliphatic rings. The predicted molar refractivity (Wildman–Crippen MR) is 129 cm³/mol. The standard InChI is InChI=1S/C28H28FN3O/c29-25-12-10-23(11-13-25)20-32-21-24(26-8-4-5-9-27(26)32)18-28(33)31-16-14-30(15-17-31)19-22-6-2-1-3-7-22/h1-13,21H,14-20H2. The molecule has 5 heteroatoms. The summed E-state index contributed by atoms with van der Waals surface area (Å²) < 4.78 is 15.4. The molecule has 1 aliphatic heterocycles. The number of piperazine rings is 1. The van der Waals surface area contributed by atoms with Gasteiger partial charge in [-0.25, -0.2) is 4.39 Å². The Kier molecular flexibility index (Phi) is 6.22. The number of aromatic nitrogens is 1. The number of carbonyl (C=O) groups excluding carboxylic acids is 1. The van der Waals surface area contributed by atoms with Crippen LogP contribution in [0.4, 0.5) is 4.39 Å². The number of amides is 1. The Labute approximate surface area is 193 Å². The smallest absolute Gasteiger partial charge is 0.227 e. The van der Waals surface area contributed by atoms with Gasteiger partial charge in [0.15, 0.2) is 0 Å². The number of rotatable bonds is 6. The topological polar surface area (TPSA) is 28.5 Å². The van der Waals surface area contributed by atoms with E-state index >= 15 is 0 Å². The molecule has 33 heavy (non-hydrogen) atoms. The highest BCUT2D eigenvalue weighted by Gasteiger charge is 2.22. The van der Waals surface area contributed by atoms with Gasteiger partial charge in [-0.1, -0.05) is 60.7 Å². The van der Waals surface area contributed by atoms with Crippen LogP contribution in [0.2, 0.25) is 0 Å². The van der Waals surface area contributed by atoms with Crippen LogP contribution in [0.15, 0.2) is 85.1 Å². The lowest BCUT2D eigenvalue weighted by atomic mass is 10.1. The molecule has 0 saturated carbocycles. The summed E-state index contributed by atoms with van der Waals surface area (Å²) in [6.07, 6.45) is 2.48. The second-order valence-corrected chi connectivity index (χ2v) is 8.75. The number of fused-ring (bicyclic) bond motifs is 1. The number of hydrogen-bond donors (Lipinski definition) is 0. The normalized spacial score (nSPS) is 14.6. The predicted octanol–water partition coefficient (Wildman–Crippen LogP) is 4.72. The van der Waals surface area contributed by atoms with Crippen LogP contribution < -0.4 is 0 Å². The first-order chi connectivity index (χ1) is 16.2. The van der Waals surface area contributed by atoms with Crippen molar-refractivity contribution in [3.05, 3.63) is 108 Å². The number of hydrogen-bond acceptors (Lipinski definition) is 2. The fourth-order valence-corrected chi connectivity index (χ4v) is 4.65. The van der Waals surface area contributed by atoms with Crippen molar-refractivity contribution in [3.63, 3.8) is 0 Å². The summed E-state index contributed by atoms with van der Waals surface area (Å²) in [5.74, 6) is -0.0506. The van der Waals surface area contributed by atoms with Gasteiger partial charge >= 0.3 is 0 Å². The van der Waals surface area contributed by atoms with E-state index in [9.17, 15) is 9.18 Å². The molecule has 168 valence electrons. The summed E-state index contributed by atoms with van der Waals surface area (Å²) in [5, 5.41) is 1.11. The molecule has 0 bridgehead atoms. The second kappa shape index (κ2) is 9.59. The molecule has 0 unspecified atom stereocenters. The van der Waals surface area contributed by atoms with Crippen LogP contribution in [-0.2, 0) is 24.3 Å². The molecule has 0 radical (unpaired) electrons. The van der Waals surface area contributed by atoms with Crippen LogP contribution in [0.25, 0.3) is 10.9 Å². The Morgan fingerprint density at radius 2 is 1.42 bits per heavy atom. The van der Waals surface area contributed by atoms with Crippen LogP contribution in [0.3, 0.4) is 0 Å². The van der Waals surface area contributed by atoms with Gasteiger partial charge in [-0.15, -0.1) is 0 Å². The third-order valence-corrected chi connectivity index (χ3v) is 6.45. The van der Waals surface area contributed by atoms with Crippen molar-refractivity contribution < 1.29 is 9.18 Å². The van der Waals surface area contributed by atoms with Gasteiger partial charge in [0.05, 0.1) is 6.42 Å². The summed E-state index contributed by atoms with van der Waals surface area (Å²) in [6.45, 7) is 4.90. The zero-order valence-corrected chi connectivity index (χ0v) is 18.7. The minimum atomic E-state index is -0.230. The van der Waals surface area contributed by atoms with Crippen molar-refractivity contribution >= 4 is 16.8 Å². The molecule has 0 atom stereocenters. The van der Waals surface area contributed by atoms with Gasteiger partial charge in [-0.3, -0.25) is 9.69 Å². The molecule has 1 fully saturated rings. The molecule has 2 heterocycles. The van der Waals surface area contributed by atoms with Crippen molar-refractivity contribution in [1.29, 1.82) is 0 Å². The molecule has 4 nitrogen and oxygen atoms in total. The molecular formula is C28H28FN3O. The van der Waals surface area contributed by atoms with Gasteiger partial charge in [0.25, 0.3) is 0 Å². The monoisotopic (exact) mass is 441 g/mol. The number of halogens is 1. The number of benzene rings is 3. The highest BCUT2D eigenvalue weighted by Crippen LogP contribution is 2.24. The molecule has 0 aliphatic carbocycles. The summed E-state index contributed by atoms with van der Waals surface area (Å²) >= 11 is 0. The fraction of sp³-hybridized carbons (Fsp3) is 0.250. The molecule has 1 amide bonds. The maximum Gasteiger partial charge on any atom is 0.227 e. The van der Waals surface area contributed by atoms with E-state index in [1.807, 2.05) is 35.2 Å². The van der Waals surface area contributed by atoms with Crippen LogP contribution in [0.1, 0.15) is 16.7 Å². The third kappa shape index (κ3) is 4.99. The van der Waals surface area contributed by atoms with E-state index in [0.717, 1.165) is 54.8 Å². The minimum absolute atomic E-state index is 0.180. The van der Waals surface area contributed by atoms with Crippen molar-refractivity contribution in [2.75, 3.05) is 26.2 Å². The van der Waals surface area contributed by atoms with E-state index in [0.29, 0.717) is 13.0 Å². The third-order valence-electron chi connectivity index (χ3n) is 6.45. The zero-order valence-electron chi connectivity index (χ0n) is 18.7. The van der Waals surface area contributed by atoms with E-state index in [1.54, 1.807) is 0 Å². The highest BCUT2D eigenvalue weighted by molar-refractivity contribution is 5.89. The Balaban J connectivity index is 1.25. The van der Waals surface area contributed by atoms with Crippen molar-refractivity contribution in [1.82, 2.24) is 14.4 Å². The maximum atomic E-state index is 13.3. The molecule has 5 rings (SSSR count). The Morgan fingerprint density at radius 3 is 2.18 bits per heavy atom. The average Bonchev–Trinajstić information content (AvgIpc) is 3.19. The second-order valence-electron chi connectivity index (χ2n) is 8.75. The highest BCUT2D eigenvalue weighted by atomic mass is 19.1. The van der Waals surface area contributed by atoms with Gasteiger partial charge in [0.2, 0.25) is 5.91 Å². The van der Waals surface area contributed by atoms with Gasteiger partial charge in [-0.05, 0) is 34.9 Å². The van der Waals surface area contributed by atoms with Crippen LogP contribution in [0.5, 0.6) is 0 Å². The SMILES string of the molecule is O=C(Cc1cn(Cc2ccc(F)cc2)c2ccccc12)N1CCN(Cc2ccccc2)CC1. The Morgan fingerprint density at radius 1 is 0.758 bits per heavy atom. The van der Waals surface area contributed by atoms with E-state index < -0.39 is 0 Å². The molecule has 3 aromatic carbocycles. The van der Waals surface area contributed by atoms with Gasteiger partial charge in [0.1, 0.15) is 5.82 Å². The number of nitrogens with zero attached hydrogens (tertiary/aromatic N) is 3. The lowest BCUT2D eigenvalue weighted by molar-refractivity contribution is -0.132. The first kappa shape index (κ1) is 21.4. The minimum Gasteiger partial charge on any atom is -0.343 e. The van der Waals surface area contributed by atoms with E-state index in [1.165, 1.54) is 17.7 Å². The Hall–Kier alpha value is -3.44. The summed E-state index contributed by atoms with van der Waals surface area (Å²) in [7, 11) is 0. The number of para-hydroxylation sites is 1. The quantitative estimate of drug-likeness (QED) is 0.433. The summed E-state index contributed by atoms with van der Waals surface area (Å²) in [5.41, 5.74) is 4.48. The lowest BCUT2D eigenvalue weighted by Gasteiger charge is -2.34. The van der Waals surface area contributed by atoms with Gasteiger partial charge in [0, 0.05) is 56.4 Å². The molecular weight excluding hydrogens is 413 g/mol. The van der Waals surface area contributed by atoms with E-state index in [2.05, 4.69) is 52.1 Å². The molecule has 0 N–H and O–H groups in total. The van der Waals surface area contributed by atoms with Crippen molar-refractivity contribution in [2.24, 2.45) is 0 Å². The molecule has 1 saturated heterocycles.